The van der Waals surface area contributed by atoms with Crippen LogP contribution in [0.3, 0.4) is 0 Å². The number of hydrogen-bond donors (Lipinski definition) is 0. The summed E-state index contributed by atoms with van der Waals surface area (Å²) in [5.74, 6) is -1.66. The highest BCUT2D eigenvalue weighted by atomic mass is 79.9. The van der Waals surface area contributed by atoms with Crippen LogP contribution in [0.2, 0.25) is 0 Å². The maximum Gasteiger partial charge on any atom is 0.284 e. The van der Waals surface area contributed by atoms with Crippen LogP contribution in [0.25, 0.3) is 0 Å². The van der Waals surface area contributed by atoms with Gasteiger partial charge in [-0.15, -0.1) is 0 Å². The fourth-order valence-electron chi connectivity index (χ4n) is 1.81. The van der Waals surface area contributed by atoms with E-state index in [0.717, 1.165) is 33.4 Å². The topological polar surface area (TPSA) is 72.7 Å². The molecule has 0 heterocycles. The van der Waals surface area contributed by atoms with Crippen LogP contribution < -0.4 is 0 Å². The Kier molecular flexibility index (Phi) is 5.92. The second-order valence-corrected chi connectivity index (χ2v) is 6.63. The van der Waals surface area contributed by atoms with Crippen molar-refractivity contribution >= 4 is 39.3 Å². The van der Waals surface area contributed by atoms with Crippen molar-refractivity contribution in [2.24, 2.45) is 0 Å². The molecule has 0 fully saturated rings. The maximum atomic E-state index is 14.3. The molecule has 0 N–H and O–H groups in total. The van der Waals surface area contributed by atoms with E-state index in [4.69, 9.17) is 4.84 Å². The normalized spacial score (nSPS) is 10.5. The highest BCUT2D eigenvalue weighted by Crippen LogP contribution is 2.37. The molecule has 0 aromatic heterocycles. The van der Waals surface area contributed by atoms with E-state index in [0.29, 0.717) is 4.90 Å². The number of hydrogen-bond acceptors (Lipinski definition) is 5. The zero-order chi connectivity index (χ0) is 17.9. The molecule has 0 saturated heterocycles. The van der Waals surface area contributed by atoms with Gasteiger partial charge < -0.3 is 0 Å². The van der Waals surface area contributed by atoms with Crippen molar-refractivity contribution in [1.29, 1.82) is 0 Å². The van der Waals surface area contributed by atoms with Gasteiger partial charge in [0.25, 0.3) is 11.6 Å². The van der Waals surface area contributed by atoms with Crippen molar-refractivity contribution in [2.45, 2.75) is 9.79 Å². The molecular weight excluding hydrogens is 403 g/mol. The first-order valence-electron chi connectivity index (χ1n) is 6.57. The Morgan fingerprint density at radius 2 is 1.96 bits per heavy atom. The van der Waals surface area contributed by atoms with Gasteiger partial charge >= 0.3 is 0 Å². The molecule has 0 spiro atoms. The van der Waals surface area contributed by atoms with Crippen molar-refractivity contribution in [1.82, 2.24) is 5.06 Å². The van der Waals surface area contributed by atoms with Gasteiger partial charge in [0.15, 0.2) is 0 Å². The third-order valence-electron chi connectivity index (χ3n) is 3.08. The molecule has 0 saturated carbocycles. The smallest absolute Gasteiger partial charge is 0.274 e. The quantitative estimate of drug-likeness (QED) is 0.539. The number of benzene rings is 2. The summed E-state index contributed by atoms with van der Waals surface area (Å²) >= 11 is 4.34. The number of nitro groups is 1. The Morgan fingerprint density at radius 1 is 1.33 bits per heavy atom. The molecule has 2 aromatic rings. The van der Waals surface area contributed by atoms with E-state index in [1.165, 1.54) is 14.2 Å². The number of amides is 1. The van der Waals surface area contributed by atoms with Crippen LogP contribution in [-0.4, -0.2) is 30.1 Å². The highest BCUT2D eigenvalue weighted by molar-refractivity contribution is 9.10. The van der Waals surface area contributed by atoms with Gasteiger partial charge in [-0.3, -0.25) is 19.7 Å². The fraction of sp³-hybridized carbons (Fsp3) is 0.133. The van der Waals surface area contributed by atoms with E-state index in [1.807, 2.05) is 0 Å². The van der Waals surface area contributed by atoms with Crippen LogP contribution in [0.5, 0.6) is 0 Å². The maximum absolute atomic E-state index is 14.3. The lowest BCUT2D eigenvalue weighted by atomic mass is 10.1. The molecule has 2 aromatic carbocycles. The number of carbonyl (C=O) groups is 1. The number of nitrogens with zero attached hydrogens (tertiary/aromatic N) is 2. The molecule has 1 amide bonds. The third-order valence-corrected chi connectivity index (χ3v) is 4.66. The van der Waals surface area contributed by atoms with E-state index in [-0.39, 0.29) is 10.6 Å². The van der Waals surface area contributed by atoms with Gasteiger partial charge in [-0.25, -0.2) is 9.45 Å². The standard InChI is InChI=1S/C15H12BrFN2O4S/c1-18(23-2)15(20)11-7-13(19(21)22)14(8-12(11)17)24-10-5-3-9(16)4-6-10/h3-8H,1-2H3. The zero-order valence-corrected chi connectivity index (χ0v) is 15.1. The summed E-state index contributed by atoms with van der Waals surface area (Å²) in [6.45, 7) is 0. The highest BCUT2D eigenvalue weighted by Gasteiger charge is 2.24. The minimum absolute atomic E-state index is 0.108. The van der Waals surface area contributed by atoms with Crippen LogP contribution >= 0.6 is 27.7 Å². The van der Waals surface area contributed by atoms with Gasteiger partial charge in [-0.05, 0) is 30.3 Å². The van der Waals surface area contributed by atoms with Gasteiger partial charge in [0.1, 0.15) is 5.82 Å². The van der Waals surface area contributed by atoms with Gasteiger partial charge in [0, 0.05) is 22.5 Å². The lowest BCUT2D eigenvalue weighted by Crippen LogP contribution is -2.26. The first kappa shape index (κ1) is 18.4. The zero-order valence-electron chi connectivity index (χ0n) is 12.7. The van der Waals surface area contributed by atoms with Crippen molar-refractivity contribution in [3.05, 3.63) is 62.4 Å². The third kappa shape index (κ3) is 4.11. The minimum atomic E-state index is -0.853. The van der Waals surface area contributed by atoms with Crippen LogP contribution in [0.4, 0.5) is 10.1 Å². The SMILES string of the molecule is CON(C)C(=O)c1cc([N+](=O)[O-])c(Sc2ccc(Br)cc2)cc1F. The molecule has 9 heteroatoms. The van der Waals surface area contributed by atoms with Crippen LogP contribution in [0.15, 0.2) is 50.7 Å². The summed E-state index contributed by atoms with van der Waals surface area (Å²) in [7, 11) is 2.53. The monoisotopic (exact) mass is 414 g/mol. The Balaban J connectivity index is 2.45. The molecule has 126 valence electrons. The summed E-state index contributed by atoms with van der Waals surface area (Å²) in [6.07, 6.45) is 0. The fourth-order valence-corrected chi connectivity index (χ4v) is 3.00. The largest absolute Gasteiger partial charge is 0.284 e. The van der Waals surface area contributed by atoms with Crippen LogP contribution in [-0.2, 0) is 4.84 Å². The molecule has 24 heavy (non-hydrogen) atoms. The summed E-state index contributed by atoms with van der Waals surface area (Å²) in [4.78, 5) is 28.2. The van der Waals surface area contributed by atoms with Crippen molar-refractivity contribution in [3.63, 3.8) is 0 Å². The first-order chi connectivity index (χ1) is 11.3. The molecule has 0 radical (unpaired) electrons. The first-order valence-corrected chi connectivity index (χ1v) is 8.18. The number of carbonyl (C=O) groups excluding carboxylic acids is 1. The molecule has 0 aliphatic carbocycles. The van der Waals surface area contributed by atoms with E-state index >= 15 is 0 Å². The Morgan fingerprint density at radius 3 is 2.50 bits per heavy atom. The molecule has 0 atom stereocenters. The predicted octanol–water partition coefficient (Wildman–Crippen LogP) is 4.28. The second-order valence-electron chi connectivity index (χ2n) is 4.60. The molecular formula is C15H12BrFN2O4S. The van der Waals surface area contributed by atoms with Crippen LogP contribution in [0.1, 0.15) is 10.4 Å². The van der Waals surface area contributed by atoms with E-state index in [1.54, 1.807) is 24.3 Å². The van der Waals surface area contributed by atoms with Gasteiger partial charge in [0.05, 0.1) is 22.5 Å². The second kappa shape index (κ2) is 7.73. The van der Waals surface area contributed by atoms with Crippen LogP contribution in [0, 0.1) is 15.9 Å². The molecule has 0 bridgehead atoms. The lowest BCUT2D eigenvalue weighted by Gasteiger charge is -2.14. The van der Waals surface area contributed by atoms with Gasteiger partial charge in [-0.1, -0.05) is 27.7 Å². The van der Waals surface area contributed by atoms with Gasteiger partial charge in [0.2, 0.25) is 0 Å². The number of rotatable bonds is 5. The van der Waals surface area contributed by atoms with Crippen molar-refractivity contribution in [2.75, 3.05) is 14.2 Å². The number of halogens is 2. The Labute approximate surface area is 149 Å². The molecule has 6 nitrogen and oxygen atoms in total. The minimum Gasteiger partial charge on any atom is -0.274 e. The lowest BCUT2D eigenvalue weighted by molar-refractivity contribution is -0.387. The summed E-state index contributed by atoms with van der Waals surface area (Å²) < 4.78 is 15.1. The number of hydroxylamine groups is 2. The predicted molar refractivity (Wildman–Crippen MR) is 90.4 cm³/mol. The van der Waals surface area contributed by atoms with E-state index in [2.05, 4.69) is 15.9 Å². The summed E-state index contributed by atoms with van der Waals surface area (Å²) in [5.41, 5.74) is -0.775. The van der Waals surface area contributed by atoms with Crippen molar-refractivity contribution < 1.29 is 18.9 Å². The average Bonchev–Trinajstić information content (AvgIpc) is 2.55. The number of nitro benzene ring substituents is 1. The summed E-state index contributed by atoms with van der Waals surface area (Å²) in [5, 5.41) is 12.1. The Hall–Kier alpha value is -1.97. The average molecular weight is 415 g/mol. The molecule has 0 aliphatic rings. The van der Waals surface area contributed by atoms with Crippen molar-refractivity contribution in [3.8, 4) is 0 Å². The Bertz CT molecular complexity index is 786. The molecule has 0 unspecified atom stereocenters. The molecule has 0 aliphatic heterocycles. The van der Waals surface area contributed by atoms with E-state index < -0.39 is 22.2 Å². The van der Waals surface area contributed by atoms with E-state index in [9.17, 15) is 19.3 Å². The van der Waals surface area contributed by atoms with Gasteiger partial charge in [-0.2, -0.15) is 0 Å². The molecule has 2 rings (SSSR count). The summed E-state index contributed by atoms with van der Waals surface area (Å²) in [6, 6.07) is 8.95.